The molecule has 1 saturated carbocycles. The molecule has 0 amide bonds. The van der Waals surface area contributed by atoms with Gasteiger partial charge in [0.2, 0.25) is 5.95 Å². The van der Waals surface area contributed by atoms with Crippen LogP contribution in [-0.4, -0.2) is 23.1 Å². The molecule has 19 heavy (non-hydrogen) atoms. The number of nitrogens with zero attached hydrogens (tertiary/aromatic N) is 2. The first-order valence-corrected chi connectivity index (χ1v) is 7.87. The van der Waals surface area contributed by atoms with Crippen LogP contribution in [0, 0.1) is 5.92 Å². The minimum atomic E-state index is 0.523. The molecule has 102 valence electrons. The summed E-state index contributed by atoms with van der Waals surface area (Å²) in [5, 5.41) is 9.87. The van der Waals surface area contributed by atoms with E-state index in [9.17, 15) is 0 Å². The van der Waals surface area contributed by atoms with E-state index in [1.54, 1.807) is 11.3 Å². The van der Waals surface area contributed by atoms with E-state index in [-0.39, 0.29) is 0 Å². The largest absolute Gasteiger partial charge is 0.367 e. The Kier molecular flexibility index (Phi) is 3.55. The van der Waals surface area contributed by atoms with E-state index in [0.29, 0.717) is 12.0 Å². The molecule has 2 aromatic heterocycles. The normalized spacial score (nSPS) is 16.5. The molecule has 0 aliphatic heterocycles. The zero-order valence-electron chi connectivity index (χ0n) is 11.4. The molecule has 1 unspecified atom stereocenters. The maximum atomic E-state index is 4.58. The molecule has 2 aromatic rings. The lowest BCUT2D eigenvalue weighted by molar-refractivity contribution is 0.586. The molecule has 1 fully saturated rings. The fourth-order valence-electron chi connectivity index (χ4n) is 2.35. The fourth-order valence-corrected chi connectivity index (χ4v) is 3.12. The summed E-state index contributed by atoms with van der Waals surface area (Å²) in [6.07, 6.45) is 5.21. The van der Waals surface area contributed by atoms with Gasteiger partial charge in [-0.25, -0.2) is 4.98 Å². The van der Waals surface area contributed by atoms with Gasteiger partial charge in [0.25, 0.3) is 0 Å². The smallest absolute Gasteiger partial charge is 0.225 e. The highest BCUT2D eigenvalue weighted by molar-refractivity contribution is 7.16. The standard InChI is InChI=1S/C14H20N4S/c1-3-10(8-9-4-5-9)16-12-11-6-7-19-13(11)18-14(15-2)17-12/h6-7,9-10H,3-5,8H2,1-2H3,(H2,15,16,17,18). The van der Waals surface area contributed by atoms with Crippen LogP contribution in [0.4, 0.5) is 11.8 Å². The van der Waals surface area contributed by atoms with E-state index in [2.05, 4.69) is 39.0 Å². The summed E-state index contributed by atoms with van der Waals surface area (Å²) in [7, 11) is 1.86. The third kappa shape index (κ3) is 2.81. The summed E-state index contributed by atoms with van der Waals surface area (Å²) in [6, 6.07) is 2.63. The Morgan fingerprint density at radius 2 is 2.26 bits per heavy atom. The molecule has 0 radical (unpaired) electrons. The predicted molar refractivity (Wildman–Crippen MR) is 82.0 cm³/mol. The molecule has 5 heteroatoms. The lowest BCUT2D eigenvalue weighted by Gasteiger charge is -2.18. The molecule has 2 heterocycles. The minimum absolute atomic E-state index is 0.523. The zero-order valence-corrected chi connectivity index (χ0v) is 12.3. The van der Waals surface area contributed by atoms with E-state index in [4.69, 9.17) is 0 Å². The van der Waals surface area contributed by atoms with Crippen molar-refractivity contribution >= 4 is 33.3 Å². The van der Waals surface area contributed by atoms with Crippen LogP contribution < -0.4 is 10.6 Å². The molecular weight excluding hydrogens is 256 g/mol. The van der Waals surface area contributed by atoms with Crippen LogP contribution in [0.1, 0.15) is 32.6 Å². The molecule has 3 rings (SSSR count). The quantitative estimate of drug-likeness (QED) is 0.844. The SMILES string of the molecule is CCC(CC1CC1)Nc1nc(NC)nc2sccc12. The van der Waals surface area contributed by atoms with Gasteiger partial charge >= 0.3 is 0 Å². The van der Waals surface area contributed by atoms with Crippen LogP contribution in [0.15, 0.2) is 11.4 Å². The second-order valence-corrected chi connectivity index (χ2v) is 6.11. The number of thiophene rings is 1. The summed E-state index contributed by atoms with van der Waals surface area (Å²) in [5.74, 6) is 2.60. The third-order valence-electron chi connectivity index (χ3n) is 3.70. The number of nitrogens with one attached hydrogen (secondary N) is 2. The molecule has 0 bridgehead atoms. The van der Waals surface area contributed by atoms with Crippen molar-refractivity contribution in [2.75, 3.05) is 17.7 Å². The van der Waals surface area contributed by atoms with Crippen LogP contribution in [0.5, 0.6) is 0 Å². The van der Waals surface area contributed by atoms with Crippen molar-refractivity contribution in [1.82, 2.24) is 9.97 Å². The predicted octanol–water partition coefficient (Wildman–Crippen LogP) is 3.72. The Bertz CT molecular complexity index is 562. The maximum absolute atomic E-state index is 4.58. The van der Waals surface area contributed by atoms with Gasteiger partial charge in [0.1, 0.15) is 10.6 Å². The van der Waals surface area contributed by atoms with Crippen molar-refractivity contribution in [3.8, 4) is 0 Å². The van der Waals surface area contributed by atoms with Crippen LogP contribution >= 0.6 is 11.3 Å². The summed E-state index contributed by atoms with van der Waals surface area (Å²) >= 11 is 1.66. The molecule has 1 atom stereocenters. The molecule has 2 N–H and O–H groups in total. The Hall–Kier alpha value is -1.36. The van der Waals surface area contributed by atoms with Crippen LogP contribution in [0.25, 0.3) is 10.2 Å². The highest BCUT2D eigenvalue weighted by Gasteiger charge is 2.25. The minimum Gasteiger partial charge on any atom is -0.367 e. The fraction of sp³-hybridized carbons (Fsp3) is 0.571. The first-order chi connectivity index (χ1) is 9.30. The number of rotatable bonds is 6. The lowest BCUT2D eigenvalue weighted by Crippen LogP contribution is -2.20. The van der Waals surface area contributed by atoms with Crippen molar-refractivity contribution in [1.29, 1.82) is 0 Å². The van der Waals surface area contributed by atoms with Crippen LogP contribution in [-0.2, 0) is 0 Å². The van der Waals surface area contributed by atoms with Gasteiger partial charge in [-0.2, -0.15) is 4.98 Å². The van der Waals surface area contributed by atoms with E-state index >= 15 is 0 Å². The van der Waals surface area contributed by atoms with Gasteiger partial charge in [-0.3, -0.25) is 0 Å². The lowest BCUT2D eigenvalue weighted by atomic mass is 10.1. The number of hydrogen-bond donors (Lipinski definition) is 2. The first kappa shape index (κ1) is 12.7. The second kappa shape index (κ2) is 5.33. The second-order valence-electron chi connectivity index (χ2n) is 5.21. The van der Waals surface area contributed by atoms with Gasteiger partial charge in [-0.15, -0.1) is 11.3 Å². The summed E-state index contributed by atoms with van der Waals surface area (Å²) < 4.78 is 0. The summed E-state index contributed by atoms with van der Waals surface area (Å²) in [5.41, 5.74) is 0. The average Bonchev–Trinajstić information content (AvgIpc) is 3.11. The zero-order chi connectivity index (χ0) is 13.2. The van der Waals surface area contributed by atoms with Crippen molar-refractivity contribution in [2.24, 2.45) is 5.92 Å². The van der Waals surface area contributed by atoms with Crippen molar-refractivity contribution < 1.29 is 0 Å². The Morgan fingerprint density at radius 1 is 1.42 bits per heavy atom. The monoisotopic (exact) mass is 276 g/mol. The molecule has 1 aliphatic rings. The molecular formula is C14H20N4S. The maximum Gasteiger partial charge on any atom is 0.225 e. The highest BCUT2D eigenvalue weighted by Crippen LogP contribution is 2.35. The van der Waals surface area contributed by atoms with Crippen LogP contribution in [0.2, 0.25) is 0 Å². The molecule has 4 nitrogen and oxygen atoms in total. The van der Waals surface area contributed by atoms with Crippen molar-refractivity contribution in [3.05, 3.63) is 11.4 Å². The van der Waals surface area contributed by atoms with Gasteiger partial charge in [-0.05, 0) is 30.2 Å². The number of fused-ring (bicyclic) bond motifs is 1. The molecule has 0 spiro atoms. The van der Waals surface area contributed by atoms with Gasteiger partial charge in [0, 0.05) is 13.1 Å². The molecule has 0 saturated heterocycles. The van der Waals surface area contributed by atoms with E-state index < -0.39 is 0 Å². The molecule has 1 aliphatic carbocycles. The third-order valence-corrected chi connectivity index (χ3v) is 4.50. The highest BCUT2D eigenvalue weighted by atomic mass is 32.1. The van der Waals surface area contributed by atoms with Crippen molar-refractivity contribution in [2.45, 2.75) is 38.6 Å². The van der Waals surface area contributed by atoms with Gasteiger partial charge < -0.3 is 10.6 Å². The number of aromatic nitrogens is 2. The van der Waals surface area contributed by atoms with Crippen molar-refractivity contribution in [3.63, 3.8) is 0 Å². The number of hydrogen-bond acceptors (Lipinski definition) is 5. The number of anilines is 2. The topological polar surface area (TPSA) is 49.8 Å². The van der Waals surface area contributed by atoms with Gasteiger partial charge in [0.05, 0.1) is 5.39 Å². The van der Waals surface area contributed by atoms with Gasteiger partial charge in [0.15, 0.2) is 0 Å². The summed E-state index contributed by atoms with van der Waals surface area (Å²) in [6.45, 7) is 2.24. The Balaban J connectivity index is 1.86. The average molecular weight is 276 g/mol. The van der Waals surface area contributed by atoms with Gasteiger partial charge in [-0.1, -0.05) is 19.8 Å². The van der Waals surface area contributed by atoms with E-state index in [1.165, 1.54) is 19.3 Å². The first-order valence-electron chi connectivity index (χ1n) is 6.99. The van der Waals surface area contributed by atoms with Crippen LogP contribution in [0.3, 0.4) is 0 Å². The Labute approximate surface area is 117 Å². The summed E-state index contributed by atoms with van der Waals surface area (Å²) in [4.78, 5) is 10.1. The van der Waals surface area contributed by atoms with E-state index in [1.807, 2.05) is 7.05 Å². The molecule has 0 aromatic carbocycles. The van der Waals surface area contributed by atoms with E-state index in [0.717, 1.165) is 28.4 Å². The Morgan fingerprint density at radius 3 is 2.95 bits per heavy atom.